The monoisotopic (exact) mass is 420 g/mol. The van der Waals surface area contributed by atoms with Gasteiger partial charge in [-0.3, -0.25) is 0 Å². The molecular formula is C25H40O5. The highest BCUT2D eigenvalue weighted by atomic mass is 16.7. The average molecular weight is 421 g/mol. The molecule has 0 aromatic carbocycles. The van der Waals surface area contributed by atoms with Gasteiger partial charge in [-0.2, -0.15) is 0 Å². The summed E-state index contributed by atoms with van der Waals surface area (Å²) in [6.07, 6.45) is 8.70. The van der Waals surface area contributed by atoms with Gasteiger partial charge in [-0.05, 0) is 80.0 Å². The van der Waals surface area contributed by atoms with E-state index in [4.69, 9.17) is 18.9 Å². The summed E-state index contributed by atoms with van der Waals surface area (Å²) in [6, 6.07) is 0. The van der Waals surface area contributed by atoms with E-state index in [1.807, 2.05) is 0 Å². The molecule has 0 unspecified atom stereocenters. The highest BCUT2D eigenvalue weighted by molar-refractivity contribution is 5.14. The Bertz CT molecular complexity index is 683. The maximum absolute atomic E-state index is 11.7. The highest BCUT2D eigenvalue weighted by Crippen LogP contribution is 2.69. The third-order valence-electron chi connectivity index (χ3n) is 10.9. The summed E-state index contributed by atoms with van der Waals surface area (Å²) in [5.41, 5.74) is 0.309. The summed E-state index contributed by atoms with van der Waals surface area (Å²) >= 11 is 0. The fraction of sp³-hybridized carbons (Fsp3) is 1.00. The van der Waals surface area contributed by atoms with Gasteiger partial charge in [0, 0.05) is 18.8 Å². The Morgan fingerprint density at radius 3 is 2.17 bits per heavy atom. The van der Waals surface area contributed by atoms with Crippen LogP contribution in [0.15, 0.2) is 0 Å². The van der Waals surface area contributed by atoms with Crippen LogP contribution in [-0.2, 0) is 18.9 Å². The molecule has 5 heteroatoms. The molecule has 4 saturated carbocycles. The van der Waals surface area contributed by atoms with Crippen molar-refractivity contribution in [3.63, 3.8) is 0 Å². The summed E-state index contributed by atoms with van der Waals surface area (Å²) in [5.74, 6) is 1.89. The number of hydrogen-bond donors (Lipinski definition) is 1. The molecule has 6 fully saturated rings. The predicted molar refractivity (Wildman–Crippen MR) is 112 cm³/mol. The minimum Gasteiger partial charge on any atom is -0.393 e. The molecule has 8 atom stereocenters. The fourth-order valence-electron chi connectivity index (χ4n) is 9.67. The lowest BCUT2D eigenvalue weighted by atomic mass is 9.43. The smallest absolute Gasteiger partial charge is 0.169 e. The van der Waals surface area contributed by atoms with Gasteiger partial charge in [0.15, 0.2) is 11.6 Å². The minimum absolute atomic E-state index is 0.108. The molecular weight excluding hydrogens is 380 g/mol. The topological polar surface area (TPSA) is 57.2 Å². The summed E-state index contributed by atoms with van der Waals surface area (Å²) in [6.45, 7) is 9.96. The van der Waals surface area contributed by atoms with Gasteiger partial charge in [0.1, 0.15) is 0 Å². The summed E-state index contributed by atoms with van der Waals surface area (Å²) in [7, 11) is 0. The molecule has 6 aliphatic rings. The minimum atomic E-state index is -0.467. The van der Waals surface area contributed by atoms with E-state index in [1.165, 1.54) is 25.7 Å². The van der Waals surface area contributed by atoms with E-state index in [0.717, 1.165) is 38.9 Å². The second kappa shape index (κ2) is 6.66. The molecule has 5 nitrogen and oxygen atoms in total. The Morgan fingerprint density at radius 2 is 1.43 bits per heavy atom. The molecule has 0 amide bonds. The summed E-state index contributed by atoms with van der Waals surface area (Å²) < 4.78 is 24.5. The zero-order valence-corrected chi connectivity index (χ0v) is 19.0. The molecule has 2 aliphatic heterocycles. The molecule has 6 rings (SSSR count). The van der Waals surface area contributed by atoms with Crippen LogP contribution in [0.3, 0.4) is 0 Å². The fourth-order valence-corrected chi connectivity index (χ4v) is 9.67. The largest absolute Gasteiger partial charge is 0.393 e. The normalized spacial score (nSPS) is 54.0. The molecule has 0 aromatic rings. The first-order valence-electron chi connectivity index (χ1n) is 12.5. The van der Waals surface area contributed by atoms with Crippen LogP contribution in [-0.4, -0.2) is 49.2 Å². The van der Waals surface area contributed by atoms with Crippen molar-refractivity contribution in [3.05, 3.63) is 0 Å². The lowest BCUT2D eigenvalue weighted by Gasteiger charge is -2.63. The van der Waals surface area contributed by atoms with Crippen LogP contribution in [0.2, 0.25) is 0 Å². The van der Waals surface area contributed by atoms with Crippen LogP contribution < -0.4 is 0 Å². The first kappa shape index (κ1) is 20.4. The van der Waals surface area contributed by atoms with Crippen molar-refractivity contribution in [2.75, 3.05) is 26.4 Å². The zero-order chi connectivity index (χ0) is 20.8. The first-order valence-corrected chi connectivity index (χ1v) is 12.5. The summed E-state index contributed by atoms with van der Waals surface area (Å²) in [5, 5.41) is 11.7. The quantitative estimate of drug-likeness (QED) is 0.691. The standard InChI is InChI=1S/C25H40O5/c1-22-8-9-25(29-12-13-30-25)14-16(22)4-5-17-18-6-7-20(24(3)27-10-11-28-24)23(18,2)15-19(26)21(17)22/h16-21,26H,4-15H2,1-3H3/t16-,17+,18-,19-,20+,21-,22-,23-/m1/s1. The maximum atomic E-state index is 11.7. The number of ether oxygens (including phenoxy) is 4. The highest BCUT2D eigenvalue weighted by Gasteiger charge is 2.67. The number of aliphatic hydroxyl groups excluding tert-OH is 1. The van der Waals surface area contributed by atoms with Crippen LogP contribution in [0.4, 0.5) is 0 Å². The molecule has 170 valence electrons. The van der Waals surface area contributed by atoms with Crippen molar-refractivity contribution < 1.29 is 24.1 Å². The van der Waals surface area contributed by atoms with Crippen molar-refractivity contribution >= 4 is 0 Å². The summed E-state index contributed by atoms with van der Waals surface area (Å²) in [4.78, 5) is 0. The van der Waals surface area contributed by atoms with Crippen LogP contribution in [0, 0.1) is 40.4 Å². The van der Waals surface area contributed by atoms with Gasteiger partial charge in [-0.25, -0.2) is 0 Å². The van der Waals surface area contributed by atoms with Gasteiger partial charge >= 0.3 is 0 Å². The second-order valence-corrected chi connectivity index (χ2v) is 12.0. The Labute approximate surface area is 181 Å². The van der Waals surface area contributed by atoms with Gasteiger partial charge in [0.2, 0.25) is 0 Å². The molecule has 0 radical (unpaired) electrons. The third kappa shape index (κ3) is 2.65. The van der Waals surface area contributed by atoms with Gasteiger partial charge in [0.25, 0.3) is 0 Å². The number of aliphatic hydroxyl groups is 1. The molecule has 4 aliphatic carbocycles. The van der Waals surface area contributed by atoms with E-state index in [2.05, 4.69) is 20.8 Å². The van der Waals surface area contributed by atoms with E-state index in [9.17, 15) is 5.11 Å². The van der Waals surface area contributed by atoms with Crippen molar-refractivity contribution in [1.29, 1.82) is 0 Å². The van der Waals surface area contributed by atoms with E-state index in [0.29, 0.717) is 42.8 Å². The third-order valence-corrected chi connectivity index (χ3v) is 10.9. The van der Waals surface area contributed by atoms with E-state index >= 15 is 0 Å². The molecule has 0 aromatic heterocycles. The Balaban J connectivity index is 1.28. The van der Waals surface area contributed by atoms with Gasteiger partial charge < -0.3 is 24.1 Å². The van der Waals surface area contributed by atoms with Crippen LogP contribution in [0.1, 0.15) is 72.1 Å². The van der Waals surface area contributed by atoms with Crippen LogP contribution >= 0.6 is 0 Å². The van der Waals surface area contributed by atoms with Gasteiger partial charge in [0.05, 0.1) is 32.5 Å². The number of hydrogen-bond acceptors (Lipinski definition) is 5. The van der Waals surface area contributed by atoms with Crippen molar-refractivity contribution in [2.45, 2.75) is 89.8 Å². The molecule has 1 spiro atoms. The number of rotatable bonds is 1. The second-order valence-electron chi connectivity index (χ2n) is 12.0. The van der Waals surface area contributed by atoms with E-state index < -0.39 is 5.79 Å². The molecule has 30 heavy (non-hydrogen) atoms. The van der Waals surface area contributed by atoms with Crippen molar-refractivity contribution in [3.8, 4) is 0 Å². The number of fused-ring (bicyclic) bond motifs is 5. The SMILES string of the molecule is CC1([C@H]2CC[C@@H]3[C@@H]4CC[C@@H]5CC6(CC[C@@]5(C)[C@H]4[C@H](O)C[C@]32C)OCCO6)OCCO1. The Hall–Kier alpha value is -0.200. The Morgan fingerprint density at radius 1 is 0.733 bits per heavy atom. The van der Waals surface area contributed by atoms with Crippen molar-refractivity contribution in [1.82, 2.24) is 0 Å². The van der Waals surface area contributed by atoms with Gasteiger partial charge in [-0.15, -0.1) is 0 Å². The average Bonchev–Trinajstić information content (AvgIpc) is 3.41. The lowest BCUT2D eigenvalue weighted by molar-refractivity contribution is -0.254. The molecule has 0 bridgehead atoms. The Kier molecular flexibility index (Phi) is 4.53. The molecule has 1 N–H and O–H groups in total. The van der Waals surface area contributed by atoms with Gasteiger partial charge in [-0.1, -0.05) is 13.8 Å². The van der Waals surface area contributed by atoms with Crippen LogP contribution in [0.5, 0.6) is 0 Å². The molecule has 2 saturated heterocycles. The lowest BCUT2D eigenvalue weighted by Crippen LogP contribution is -2.61. The van der Waals surface area contributed by atoms with Crippen LogP contribution in [0.25, 0.3) is 0 Å². The zero-order valence-electron chi connectivity index (χ0n) is 19.0. The first-order chi connectivity index (χ1) is 14.3. The van der Waals surface area contributed by atoms with E-state index in [1.54, 1.807) is 0 Å². The van der Waals surface area contributed by atoms with Crippen molar-refractivity contribution in [2.24, 2.45) is 40.4 Å². The van der Waals surface area contributed by atoms with E-state index in [-0.39, 0.29) is 22.7 Å². The molecule has 2 heterocycles. The maximum Gasteiger partial charge on any atom is 0.169 e. The predicted octanol–water partition coefficient (Wildman–Crippen LogP) is 4.12.